The first-order chi connectivity index (χ1) is 12.6. The summed E-state index contributed by atoms with van der Waals surface area (Å²) in [5.74, 6) is 0.608. The number of guanidine groups is 1. The van der Waals surface area contributed by atoms with Gasteiger partial charge in [0.15, 0.2) is 5.96 Å². The molecule has 0 aliphatic carbocycles. The summed E-state index contributed by atoms with van der Waals surface area (Å²) in [7, 11) is -3.08. The third-order valence-electron chi connectivity index (χ3n) is 4.18. The average molecular weight is 534 g/mol. The number of alkyl halides is 3. The molecule has 2 rings (SSSR count). The van der Waals surface area contributed by atoms with Gasteiger partial charge in [-0.1, -0.05) is 6.07 Å². The summed E-state index contributed by atoms with van der Waals surface area (Å²) in [6, 6.07) is 5.33. The highest BCUT2D eigenvalue weighted by molar-refractivity contribution is 14.0. The first-order valence-electron chi connectivity index (χ1n) is 8.73. The van der Waals surface area contributed by atoms with E-state index in [9.17, 15) is 21.6 Å². The van der Waals surface area contributed by atoms with E-state index >= 15 is 0 Å². The van der Waals surface area contributed by atoms with Crippen LogP contribution < -0.4 is 10.2 Å². The van der Waals surface area contributed by atoms with Gasteiger partial charge in [0.05, 0.1) is 17.9 Å². The molecule has 1 saturated heterocycles. The van der Waals surface area contributed by atoms with Gasteiger partial charge in [0.2, 0.25) is 0 Å². The molecule has 1 aromatic rings. The van der Waals surface area contributed by atoms with Crippen molar-refractivity contribution in [3.05, 3.63) is 29.8 Å². The van der Waals surface area contributed by atoms with Crippen molar-refractivity contribution in [2.45, 2.75) is 13.1 Å². The number of nitrogens with one attached hydrogen (secondary N) is 1. The van der Waals surface area contributed by atoms with Crippen LogP contribution >= 0.6 is 24.0 Å². The van der Waals surface area contributed by atoms with Crippen LogP contribution in [0.4, 0.5) is 18.9 Å². The zero-order valence-corrected chi connectivity index (χ0v) is 19.0. The van der Waals surface area contributed by atoms with Gasteiger partial charge in [0.25, 0.3) is 0 Å². The number of aliphatic imine (C=N–C) groups is 1. The fourth-order valence-electron chi connectivity index (χ4n) is 2.80. The fourth-order valence-corrected chi connectivity index (χ4v) is 3.22. The van der Waals surface area contributed by atoms with Gasteiger partial charge in [-0.2, -0.15) is 13.2 Å². The van der Waals surface area contributed by atoms with E-state index in [0.29, 0.717) is 44.4 Å². The molecule has 1 aliphatic rings. The number of hydrogen-bond acceptors (Lipinski definition) is 4. The molecular formula is C17H26F3IN4O2S. The molecule has 1 aromatic carbocycles. The number of benzene rings is 1. The van der Waals surface area contributed by atoms with Gasteiger partial charge >= 0.3 is 6.18 Å². The number of rotatable bonds is 5. The molecule has 0 unspecified atom stereocenters. The van der Waals surface area contributed by atoms with Crippen molar-refractivity contribution < 1.29 is 21.6 Å². The SMILES string of the molecule is CCNC(=NCCS(C)(=O)=O)N1CCN(c2cccc(C(F)(F)F)c2)CC1.I. The van der Waals surface area contributed by atoms with Crippen molar-refractivity contribution in [2.75, 3.05) is 56.2 Å². The van der Waals surface area contributed by atoms with E-state index in [0.717, 1.165) is 6.07 Å². The van der Waals surface area contributed by atoms with Crippen molar-refractivity contribution in [2.24, 2.45) is 4.99 Å². The van der Waals surface area contributed by atoms with Crippen molar-refractivity contribution in [3.8, 4) is 0 Å². The molecule has 0 atom stereocenters. The number of anilines is 1. The summed E-state index contributed by atoms with van der Waals surface area (Å²) >= 11 is 0. The predicted octanol–water partition coefficient (Wildman–Crippen LogP) is 2.46. The van der Waals surface area contributed by atoms with Gasteiger partial charge in [-0.3, -0.25) is 4.99 Å². The highest BCUT2D eigenvalue weighted by Crippen LogP contribution is 2.31. The number of halogens is 4. The lowest BCUT2D eigenvalue weighted by Crippen LogP contribution is -2.52. The van der Waals surface area contributed by atoms with Crippen molar-refractivity contribution in [1.82, 2.24) is 10.2 Å². The van der Waals surface area contributed by atoms with Gasteiger partial charge < -0.3 is 15.1 Å². The van der Waals surface area contributed by atoms with E-state index in [1.165, 1.54) is 18.4 Å². The van der Waals surface area contributed by atoms with Crippen LogP contribution in [0.5, 0.6) is 0 Å². The first-order valence-corrected chi connectivity index (χ1v) is 10.8. The van der Waals surface area contributed by atoms with Crippen LogP contribution in [-0.2, 0) is 16.0 Å². The normalized spacial score (nSPS) is 16.0. The third-order valence-corrected chi connectivity index (χ3v) is 5.10. The van der Waals surface area contributed by atoms with Crippen LogP contribution in [0.25, 0.3) is 0 Å². The van der Waals surface area contributed by atoms with Gasteiger partial charge in [0, 0.05) is 44.7 Å². The van der Waals surface area contributed by atoms with E-state index in [2.05, 4.69) is 10.3 Å². The Hall–Kier alpha value is -1.24. The summed E-state index contributed by atoms with van der Waals surface area (Å²) in [6.45, 7) is 5.02. The lowest BCUT2D eigenvalue weighted by molar-refractivity contribution is -0.137. The molecule has 11 heteroatoms. The molecule has 1 N–H and O–H groups in total. The molecule has 1 aliphatic heterocycles. The van der Waals surface area contributed by atoms with Gasteiger partial charge in [0.1, 0.15) is 9.84 Å². The van der Waals surface area contributed by atoms with Crippen molar-refractivity contribution >= 4 is 45.5 Å². The minimum absolute atomic E-state index is 0. The molecule has 1 fully saturated rings. The molecule has 0 bridgehead atoms. The highest BCUT2D eigenvalue weighted by Gasteiger charge is 2.31. The second-order valence-electron chi connectivity index (χ2n) is 6.39. The summed E-state index contributed by atoms with van der Waals surface area (Å²) in [5, 5.41) is 3.14. The van der Waals surface area contributed by atoms with Gasteiger partial charge in [-0.05, 0) is 25.1 Å². The number of piperazine rings is 1. The largest absolute Gasteiger partial charge is 0.416 e. The summed E-state index contributed by atoms with van der Waals surface area (Å²) in [5.41, 5.74) is -0.110. The Labute approximate surface area is 181 Å². The molecule has 0 spiro atoms. The predicted molar refractivity (Wildman–Crippen MR) is 116 cm³/mol. The van der Waals surface area contributed by atoms with Crippen LogP contribution in [0, 0.1) is 0 Å². The zero-order chi connectivity index (χ0) is 20.1. The van der Waals surface area contributed by atoms with E-state index in [1.54, 1.807) is 6.07 Å². The molecule has 0 radical (unpaired) electrons. The van der Waals surface area contributed by atoms with E-state index in [1.807, 2.05) is 16.7 Å². The van der Waals surface area contributed by atoms with Crippen LogP contribution in [0.1, 0.15) is 12.5 Å². The summed E-state index contributed by atoms with van der Waals surface area (Å²) in [6.07, 6.45) is -3.19. The maximum absolute atomic E-state index is 12.9. The molecule has 160 valence electrons. The average Bonchev–Trinajstić information content (AvgIpc) is 2.60. The fraction of sp³-hybridized carbons (Fsp3) is 0.588. The maximum Gasteiger partial charge on any atom is 0.416 e. The molecule has 1 heterocycles. The Kier molecular flexibility index (Phi) is 9.31. The molecule has 6 nitrogen and oxygen atoms in total. The van der Waals surface area contributed by atoms with Gasteiger partial charge in [-0.25, -0.2) is 8.42 Å². The molecule has 0 aromatic heterocycles. The Morgan fingerprint density at radius 3 is 2.39 bits per heavy atom. The molecule has 28 heavy (non-hydrogen) atoms. The van der Waals surface area contributed by atoms with E-state index in [4.69, 9.17) is 0 Å². The Morgan fingerprint density at radius 1 is 1.21 bits per heavy atom. The van der Waals surface area contributed by atoms with Crippen molar-refractivity contribution in [3.63, 3.8) is 0 Å². The first kappa shape index (κ1) is 24.8. The van der Waals surface area contributed by atoms with Crippen LogP contribution in [0.15, 0.2) is 29.3 Å². The van der Waals surface area contributed by atoms with Crippen LogP contribution in [-0.4, -0.2) is 70.6 Å². The Bertz CT molecular complexity index is 764. The number of hydrogen-bond donors (Lipinski definition) is 1. The number of sulfone groups is 1. The highest BCUT2D eigenvalue weighted by atomic mass is 127. The van der Waals surface area contributed by atoms with E-state index < -0.39 is 21.6 Å². The molecule has 0 saturated carbocycles. The maximum atomic E-state index is 12.9. The molecular weight excluding hydrogens is 508 g/mol. The Morgan fingerprint density at radius 2 is 1.86 bits per heavy atom. The summed E-state index contributed by atoms with van der Waals surface area (Å²) in [4.78, 5) is 8.26. The summed E-state index contributed by atoms with van der Waals surface area (Å²) < 4.78 is 61.2. The molecule has 0 amide bonds. The van der Waals surface area contributed by atoms with Crippen molar-refractivity contribution in [1.29, 1.82) is 0 Å². The smallest absolute Gasteiger partial charge is 0.368 e. The Balaban J connectivity index is 0.00000392. The minimum atomic E-state index is -4.36. The monoisotopic (exact) mass is 534 g/mol. The van der Waals surface area contributed by atoms with Crippen LogP contribution in [0.2, 0.25) is 0 Å². The standard InChI is InChI=1S/C17H25F3N4O2S.HI/c1-3-21-16(22-7-12-27(2,25)26)24-10-8-23(9-11-24)15-6-4-5-14(13-15)17(18,19)20;/h4-6,13H,3,7-12H2,1-2H3,(H,21,22);1H. The second-order valence-corrected chi connectivity index (χ2v) is 8.65. The number of nitrogens with zero attached hydrogens (tertiary/aromatic N) is 3. The lowest BCUT2D eigenvalue weighted by atomic mass is 10.1. The van der Waals surface area contributed by atoms with Gasteiger partial charge in [-0.15, -0.1) is 24.0 Å². The van der Waals surface area contributed by atoms with Crippen LogP contribution in [0.3, 0.4) is 0 Å². The zero-order valence-electron chi connectivity index (χ0n) is 15.9. The minimum Gasteiger partial charge on any atom is -0.368 e. The lowest BCUT2D eigenvalue weighted by Gasteiger charge is -2.38. The quantitative estimate of drug-likeness (QED) is 0.358. The third kappa shape index (κ3) is 7.64. The van der Waals surface area contributed by atoms with E-state index in [-0.39, 0.29) is 36.3 Å². The second kappa shape index (κ2) is 10.5. The topological polar surface area (TPSA) is 65.0 Å².